The van der Waals surface area contributed by atoms with Gasteiger partial charge in [0, 0.05) is 30.4 Å². The van der Waals surface area contributed by atoms with Crippen molar-refractivity contribution in [3.63, 3.8) is 0 Å². The van der Waals surface area contributed by atoms with E-state index in [0.717, 1.165) is 19.3 Å². The van der Waals surface area contributed by atoms with Crippen molar-refractivity contribution in [1.82, 2.24) is 15.2 Å². The fourth-order valence-electron chi connectivity index (χ4n) is 3.91. The molecule has 1 aliphatic heterocycles. The standard InChI is InChI=1S/C23H30N4O6/c1-23(2,9-6-15-7-10-27(11-8-15)22(30)31)26-21(29)20(28)25-16-4-5-17(18(12-16)32-3)19-13-24-14-33-19/h4-5,12-15H,6-11H2,1-3H3,(H,25,28)(H,26,29)(H,30,31). The van der Waals surface area contributed by atoms with Crippen LogP contribution in [-0.2, 0) is 9.59 Å². The molecule has 10 heteroatoms. The maximum Gasteiger partial charge on any atom is 0.407 e. The van der Waals surface area contributed by atoms with E-state index in [1.807, 2.05) is 13.8 Å². The van der Waals surface area contributed by atoms with Crippen LogP contribution in [0, 0.1) is 5.92 Å². The van der Waals surface area contributed by atoms with Gasteiger partial charge in [0.05, 0.1) is 18.9 Å². The van der Waals surface area contributed by atoms with Gasteiger partial charge in [0.1, 0.15) is 5.75 Å². The van der Waals surface area contributed by atoms with E-state index in [2.05, 4.69) is 15.6 Å². The Morgan fingerprint density at radius 2 is 1.97 bits per heavy atom. The number of carbonyl (C=O) groups excluding carboxylic acids is 2. The molecule has 0 spiro atoms. The lowest BCUT2D eigenvalue weighted by molar-refractivity contribution is -0.137. The molecule has 0 bridgehead atoms. The first-order chi connectivity index (χ1) is 15.7. The van der Waals surface area contributed by atoms with E-state index in [1.54, 1.807) is 24.4 Å². The van der Waals surface area contributed by atoms with Gasteiger partial charge in [-0.15, -0.1) is 0 Å². The summed E-state index contributed by atoms with van der Waals surface area (Å²) in [6.45, 7) is 4.82. The maximum atomic E-state index is 12.5. The van der Waals surface area contributed by atoms with Crippen LogP contribution >= 0.6 is 0 Å². The van der Waals surface area contributed by atoms with Crippen molar-refractivity contribution < 1.29 is 28.6 Å². The number of amides is 3. The summed E-state index contributed by atoms with van der Waals surface area (Å²) in [5.74, 6) is -0.0932. The normalized spacial score (nSPS) is 14.6. The molecule has 3 N–H and O–H groups in total. The van der Waals surface area contributed by atoms with Gasteiger partial charge in [0.2, 0.25) is 0 Å². The fourth-order valence-corrected chi connectivity index (χ4v) is 3.91. The summed E-state index contributed by atoms with van der Waals surface area (Å²) >= 11 is 0. The molecule has 0 aliphatic carbocycles. The number of carboxylic acid groups (broad SMARTS) is 1. The number of rotatable bonds is 7. The van der Waals surface area contributed by atoms with Crippen LogP contribution in [0.3, 0.4) is 0 Å². The Hall–Kier alpha value is -3.56. The molecule has 1 saturated heterocycles. The van der Waals surface area contributed by atoms with Crippen LogP contribution in [0.4, 0.5) is 10.5 Å². The second kappa shape index (κ2) is 10.4. The van der Waals surface area contributed by atoms with Crippen LogP contribution < -0.4 is 15.4 Å². The molecule has 2 heterocycles. The molecule has 10 nitrogen and oxygen atoms in total. The highest BCUT2D eigenvalue weighted by atomic mass is 16.5. The molecule has 0 atom stereocenters. The number of benzene rings is 1. The molecular weight excluding hydrogens is 428 g/mol. The third kappa shape index (κ3) is 6.47. The molecule has 0 saturated carbocycles. The largest absolute Gasteiger partial charge is 0.496 e. The molecule has 1 aromatic heterocycles. The van der Waals surface area contributed by atoms with Crippen LogP contribution in [0.25, 0.3) is 11.3 Å². The first kappa shape index (κ1) is 24.1. The summed E-state index contributed by atoms with van der Waals surface area (Å²) in [6.07, 6.45) is 5.14. The SMILES string of the molecule is COc1cc(NC(=O)C(=O)NC(C)(C)CCC2CCN(C(=O)O)CC2)ccc1-c1cnco1. The molecule has 1 fully saturated rings. The zero-order valence-corrected chi connectivity index (χ0v) is 19.1. The summed E-state index contributed by atoms with van der Waals surface area (Å²) in [5.41, 5.74) is 0.512. The Kier molecular flexibility index (Phi) is 7.57. The minimum absolute atomic E-state index is 0.404. The monoisotopic (exact) mass is 458 g/mol. The van der Waals surface area contributed by atoms with E-state index in [4.69, 9.17) is 14.3 Å². The van der Waals surface area contributed by atoms with E-state index < -0.39 is 23.4 Å². The van der Waals surface area contributed by atoms with Gasteiger partial charge in [-0.05, 0) is 57.6 Å². The number of ether oxygens (including phenoxy) is 1. The minimum atomic E-state index is -0.878. The van der Waals surface area contributed by atoms with Gasteiger partial charge >= 0.3 is 17.9 Å². The van der Waals surface area contributed by atoms with Crippen LogP contribution in [-0.4, -0.2) is 58.6 Å². The second-order valence-corrected chi connectivity index (χ2v) is 8.82. The lowest BCUT2D eigenvalue weighted by atomic mass is 9.87. The maximum absolute atomic E-state index is 12.5. The Morgan fingerprint density at radius 1 is 1.24 bits per heavy atom. The van der Waals surface area contributed by atoms with Crippen LogP contribution in [0.2, 0.25) is 0 Å². The van der Waals surface area contributed by atoms with E-state index >= 15 is 0 Å². The van der Waals surface area contributed by atoms with Gasteiger partial charge in [-0.1, -0.05) is 0 Å². The number of methoxy groups -OCH3 is 1. The molecular formula is C23H30N4O6. The summed E-state index contributed by atoms with van der Waals surface area (Å²) in [6, 6.07) is 4.98. The fraction of sp³-hybridized carbons (Fsp3) is 0.478. The molecule has 2 aromatic rings. The van der Waals surface area contributed by atoms with Gasteiger partial charge in [0.15, 0.2) is 12.2 Å². The van der Waals surface area contributed by atoms with Crippen molar-refractivity contribution in [3.05, 3.63) is 30.8 Å². The lowest BCUT2D eigenvalue weighted by Crippen LogP contribution is -2.48. The Balaban J connectivity index is 1.51. The third-order valence-electron chi connectivity index (χ3n) is 5.88. The zero-order valence-electron chi connectivity index (χ0n) is 19.1. The zero-order chi connectivity index (χ0) is 24.0. The minimum Gasteiger partial charge on any atom is -0.496 e. The topological polar surface area (TPSA) is 134 Å². The summed E-state index contributed by atoms with van der Waals surface area (Å²) in [7, 11) is 1.50. The number of likely N-dealkylation sites (tertiary alicyclic amines) is 1. The number of nitrogens with one attached hydrogen (secondary N) is 2. The Morgan fingerprint density at radius 3 is 2.58 bits per heavy atom. The highest BCUT2D eigenvalue weighted by Gasteiger charge is 2.28. The van der Waals surface area contributed by atoms with Crippen LogP contribution in [0.1, 0.15) is 39.5 Å². The molecule has 0 unspecified atom stereocenters. The average Bonchev–Trinajstić information content (AvgIpc) is 3.32. The van der Waals surface area contributed by atoms with E-state index in [9.17, 15) is 14.4 Å². The Bertz CT molecular complexity index is 981. The number of carbonyl (C=O) groups is 3. The van der Waals surface area contributed by atoms with Gasteiger partial charge in [-0.25, -0.2) is 9.78 Å². The van der Waals surface area contributed by atoms with Gasteiger partial charge < -0.3 is 29.8 Å². The van der Waals surface area contributed by atoms with Gasteiger partial charge in [0.25, 0.3) is 0 Å². The molecule has 1 aliphatic rings. The summed E-state index contributed by atoms with van der Waals surface area (Å²) < 4.78 is 10.7. The van der Waals surface area contributed by atoms with Gasteiger partial charge in [-0.3, -0.25) is 9.59 Å². The van der Waals surface area contributed by atoms with Crippen molar-refractivity contribution in [2.45, 2.75) is 45.1 Å². The highest BCUT2D eigenvalue weighted by Crippen LogP contribution is 2.32. The molecule has 3 amide bonds. The first-order valence-corrected chi connectivity index (χ1v) is 10.9. The predicted molar refractivity (Wildman–Crippen MR) is 121 cm³/mol. The van der Waals surface area contributed by atoms with Crippen molar-refractivity contribution in [3.8, 4) is 17.1 Å². The number of oxazole rings is 1. The van der Waals surface area contributed by atoms with Gasteiger partial charge in [-0.2, -0.15) is 0 Å². The number of anilines is 1. The first-order valence-electron chi connectivity index (χ1n) is 10.9. The quantitative estimate of drug-likeness (QED) is 0.542. The average molecular weight is 459 g/mol. The Labute approximate surface area is 192 Å². The third-order valence-corrected chi connectivity index (χ3v) is 5.88. The number of hydrogen-bond acceptors (Lipinski definition) is 6. The summed E-state index contributed by atoms with van der Waals surface area (Å²) in [4.78, 5) is 41.3. The van der Waals surface area contributed by atoms with E-state index in [0.29, 0.717) is 48.2 Å². The number of hydrogen-bond donors (Lipinski definition) is 3. The number of piperidine rings is 1. The summed E-state index contributed by atoms with van der Waals surface area (Å²) in [5, 5.41) is 14.4. The van der Waals surface area contributed by atoms with Crippen molar-refractivity contribution in [2.24, 2.45) is 5.92 Å². The van der Waals surface area contributed by atoms with Crippen LogP contribution in [0.15, 0.2) is 35.2 Å². The second-order valence-electron chi connectivity index (χ2n) is 8.82. The molecule has 3 rings (SSSR count). The predicted octanol–water partition coefficient (Wildman–Crippen LogP) is 3.35. The highest BCUT2D eigenvalue weighted by molar-refractivity contribution is 6.39. The van der Waals surface area contributed by atoms with Crippen molar-refractivity contribution in [2.75, 3.05) is 25.5 Å². The number of aromatic nitrogens is 1. The molecule has 0 radical (unpaired) electrons. The number of nitrogens with zero attached hydrogens (tertiary/aromatic N) is 2. The molecule has 1 aromatic carbocycles. The lowest BCUT2D eigenvalue weighted by Gasteiger charge is -2.32. The van der Waals surface area contributed by atoms with Crippen molar-refractivity contribution >= 4 is 23.6 Å². The van der Waals surface area contributed by atoms with Crippen LogP contribution in [0.5, 0.6) is 5.75 Å². The van der Waals surface area contributed by atoms with E-state index in [-0.39, 0.29) is 0 Å². The van der Waals surface area contributed by atoms with Crippen molar-refractivity contribution in [1.29, 1.82) is 0 Å². The molecule has 33 heavy (non-hydrogen) atoms. The van der Waals surface area contributed by atoms with E-state index in [1.165, 1.54) is 18.4 Å². The smallest absolute Gasteiger partial charge is 0.407 e. The molecule has 178 valence electrons.